The fourth-order valence-electron chi connectivity index (χ4n) is 3.22. The summed E-state index contributed by atoms with van der Waals surface area (Å²) in [7, 11) is 0. The first-order valence-corrected chi connectivity index (χ1v) is 7.52. The van der Waals surface area contributed by atoms with E-state index in [0.29, 0.717) is 0 Å². The molecule has 2 heterocycles. The van der Waals surface area contributed by atoms with Crippen molar-refractivity contribution in [1.29, 1.82) is 0 Å². The molecule has 3 rings (SSSR count). The third kappa shape index (κ3) is 2.97. The number of para-hydroxylation sites is 1. The van der Waals surface area contributed by atoms with E-state index in [-0.39, 0.29) is 5.41 Å². The average molecular weight is 276 g/mol. The largest absolute Gasteiger partial charge is 0.492 e. The minimum atomic E-state index is 0.220. The molecule has 4 heteroatoms. The van der Waals surface area contributed by atoms with Gasteiger partial charge in [-0.3, -0.25) is 4.90 Å². The Kier molecular flexibility index (Phi) is 4.24. The van der Waals surface area contributed by atoms with E-state index < -0.39 is 0 Å². The molecule has 1 aromatic rings. The van der Waals surface area contributed by atoms with Crippen LogP contribution in [0, 0.1) is 5.41 Å². The van der Waals surface area contributed by atoms with Crippen molar-refractivity contribution in [3.05, 3.63) is 29.8 Å². The summed E-state index contributed by atoms with van der Waals surface area (Å²) in [6.45, 7) is 6.17. The molecule has 110 valence electrons. The van der Waals surface area contributed by atoms with Crippen LogP contribution in [0.4, 0.5) is 0 Å². The third-order valence-electron chi connectivity index (χ3n) is 4.58. The molecular formula is C16H24N2O2. The van der Waals surface area contributed by atoms with E-state index in [0.717, 1.165) is 64.6 Å². The molecule has 0 aromatic heterocycles. The normalized spacial score (nSPS) is 22.6. The molecule has 1 saturated heterocycles. The predicted molar refractivity (Wildman–Crippen MR) is 78.8 cm³/mol. The standard InChI is InChI=1S/C16H24N2O2/c17-12-16(5-8-19-9-6-16)13-18-7-10-20-15-4-2-1-3-14(15)11-18/h1-4H,5-13,17H2. The van der Waals surface area contributed by atoms with Crippen LogP contribution < -0.4 is 10.5 Å². The number of nitrogens with two attached hydrogens (primary N) is 1. The highest BCUT2D eigenvalue weighted by atomic mass is 16.5. The van der Waals surface area contributed by atoms with E-state index in [4.69, 9.17) is 15.2 Å². The third-order valence-corrected chi connectivity index (χ3v) is 4.58. The van der Waals surface area contributed by atoms with Gasteiger partial charge in [0.25, 0.3) is 0 Å². The molecule has 0 aliphatic carbocycles. The Morgan fingerprint density at radius 3 is 2.75 bits per heavy atom. The van der Waals surface area contributed by atoms with E-state index in [1.807, 2.05) is 6.07 Å². The maximum atomic E-state index is 6.08. The molecule has 1 aromatic carbocycles. The fraction of sp³-hybridized carbons (Fsp3) is 0.625. The lowest BCUT2D eigenvalue weighted by Gasteiger charge is -2.39. The van der Waals surface area contributed by atoms with Crippen molar-refractivity contribution >= 4 is 0 Å². The van der Waals surface area contributed by atoms with Gasteiger partial charge in [-0.1, -0.05) is 18.2 Å². The van der Waals surface area contributed by atoms with Crippen molar-refractivity contribution in [3.8, 4) is 5.75 Å². The van der Waals surface area contributed by atoms with E-state index in [1.165, 1.54) is 5.56 Å². The van der Waals surface area contributed by atoms with Gasteiger partial charge in [-0.15, -0.1) is 0 Å². The molecule has 2 aliphatic rings. The SMILES string of the molecule is NCC1(CN2CCOc3ccccc3C2)CCOCC1. The molecule has 0 spiro atoms. The Bertz CT molecular complexity index is 444. The lowest BCUT2D eigenvalue weighted by atomic mass is 9.79. The smallest absolute Gasteiger partial charge is 0.123 e. The maximum absolute atomic E-state index is 6.08. The van der Waals surface area contributed by atoms with Crippen LogP contribution in [0.15, 0.2) is 24.3 Å². The number of hydrogen-bond donors (Lipinski definition) is 1. The zero-order chi connectivity index (χ0) is 13.8. The Labute approximate surface area is 120 Å². The fourth-order valence-corrected chi connectivity index (χ4v) is 3.22. The first-order chi connectivity index (χ1) is 9.81. The second-order valence-electron chi connectivity index (χ2n) is 5.98. The van der Waals surface area contributed by atoms with Crippen LogP contribution in [-0.2, 0) is 11.3 Å². The molecule has 1 fully saturated rings. The summed E-state index contributed by atoms with van der Waals surface area (Å²) < 4.78 is 11.3. The van der Waals surface area contributed by atoms with Crippen molar-refractivity contribution in [2.24, 2.45) is 11.1 Å². The van der Waals surface area contributed by atoms with Crippen LogP contribution in [0.3, 0.4) is 0 Å². The summed E-state index contributed by atoms with van der Waals surface area (Å²) in [4.78, 5) is 2.49. The van der Waals surface area contributed by atoms with Crippen molar-refractivity contribution in [2.75, 3.05) is 39.5 Å². The minimum Gasteiger partial charge on any atom is -0.492 e. The zero-order valence-electron chi connectivity index (χ0n) is 12.0. The summed E-state index contributed by atoms with van der Waals surface area (Å²) in [6, 6.07) is 8.34. The van der Waals surface area contributed by atoms with Crippen molar-refractivity contribution < 1.29 is 9.47 Å². The van der Waals surface area contributed by atoms with Crippen LogP contribution in [0.5, 0.6) is 5.75 Å². The Hall–Kier alpha value is -1.10. The summed E-state index contributed by atoms with van der Waals surface area (Å²) in [5, 5.41) is 0. The topological polar surface area (TPSA) is 47.7 Å². The van der Waals surface area contributed by atoms with Gasteiger partial charge in [0.15, 0.2) is 0 Å². The lowest BCUT2D eigenvalue weighted by molar-refractivity contribution is -0.00202. The molecule has 20 heavy (non-hydrogen) atoms. The molecule has 4 nitrogen and oxygen atoms in total. The van der Waals surface area contributed by atoms with Gasteiger partial charge in [-0.2, -0.15) is 0 Å². The molecule has 0 saturated carbocycles. The minimum absolute atomic E-state index is 0.220. The number of hydrogen-bond acceptors (Lipinski definition) is 4. The van der Waals surface area contributed by atoms with E-state index in [9.17, 15) is 0 Å². The maximum Gasteiger partial charge on any atom is 0.123 e. The van der Waals surface area contributed by atoms with Gasteiger partial charge in [0, 0.05) is 38.4 Å². The highest BCUT2D eigenvalue weighted by molar-refractivity contribution is 5.33. The Morgan fingerprint density at radius 2 is 1.95 bits per heavy atom. The van der Waals surface area contributed by atoms with Crippen molar-refractivity contribution in [3.63, 3.8) is 0 Å². The van der Waals surface area contributed by atoms with Gasteiger partial charge < -0.3 is 15.2 Å². The first-order valence-electron chi connectivity index (χ1n) is 7.52. The van der Waals surface area contributed by atoms with Gasteiger partial charge in [0.05, 0.1) is 0 Å². The predicted octanol–water partition coefficient (Wildman–Crippen LogP) is 1.64. The van der Waals surface area contributed by atoms with Crippen LogP contribution in [0.2, 0.25) is 0 Å². The van der Waals surface area contributed by atoms with Gasteiger partial charge >= 0.3 is 0 Å². The van der Waals surface area contributed by atoms with Gasteiger partial charge in [-0.25, -0.2) is 0 Å². The Balaban J connectivity index is 1.71. The molecular weight excluding hydrogens is 252 g/mol. The van der Waals surface area contributed by atoms with Gasteiger partial charge in [-0.05, 0) is 30.9 Å². The van der Waals surface area contributed by atoms with Gasteiger partial charge in [0.1, 0.15) is 12.4 Å². The second-order valence-corrected chi connectivity index (χ2v) is 5.98. The van der Waals surface area contributed by atoms with Crippen LogP contribution in [0.1, 0.15) is 18.4 Å². The summed E-state index contributed by atoms with van der Waals surface area (Å²) in [6.07, 6.45) is 2.14. The van der Waals surface area contributed by atoms with E-state index in [1.54, 1.807) is 0 Å². The van der Waals surface area contributed by atoms with E-state index in [2.05, 4.69) is 23.1 Å². The number of nitrogens with zero attached hydrogens (tertiary/aromatic N) is 1. The van der Waals surface area contributed by atoms with Crippen LogP contribution in [0.25, 0.3) is 0 Å². The molecule has 0 amide bonds. The molecule has 0 unspecified atom stereocenters. The van der Waals surface area contributed by atoms with Crippen LogP contribution in [-0.4, -0.2) is 44.4 Å². The Morgan fingerprint density at radius 1 is 1.15 bits per heavy atom. The first kappa shape index (κ1) is 13.9. The van der Waals surface area contributed by atoms with Gasteiger partial charge in [0.2, 0.25) is 0 Å². The highest BCUT2D eigenvalue weighted by Crippen LogP contribution is 2.32. The lowest BCUT2D eigenvalue weighted by Crippen LogP contribution is -2.46. The molecule has 0 radical (unpaired) electrons. The average Bonchev–Trinajstić information content (AvgIpc) is 2.69. The molecule has 2 aliphatic heterocycles. The van der Waals surface area contributed by atoms with Crippen LogP contribution >= 0.6 is 0 Å². The summed E-state index contributed by atoms with van der Waals surface area (Å²) >= 11 is 0. The number of ether oxygens (including phenoxy) is 2. The molecule has 0 bridgehead atoms. The molecule has 2 N–H and O–H groups in total. The second kappa shape index (κ2) is 6.12. The summed E-state index contributed by atoms with van der Waals surface area (Å²) in [5.41, 5.74) is 7.58. The monoisotopic (exact) mass is 276 g/mol. The van der Waals surface area contributed by atoms with Crippen molar-refractivity contribution in [2.45, 2.75) is 19.4 Å². The number of rotatable bonds is 3. The summed E-state index contributed by atoms with van der Waals surface area (Å²) in [5.74, 6) is 1.03. The number of fused-ring (bicyclic) bond motifs is 1. The number of benzene rings is 1. The highest BCUT2D eigenvalue weighted by Gasteiger charge is 2.33. The quantitative estimate of drug-likeness (QED) is 0.911. The molecule has 0 atom stereocenters. The van der Waals surface area contributed by atoms with Crippen molar-refractivity contribution in [1.82, 2.24) is 4.90 Å². The van der Waals surface area contributed by atoms with E-state index >= 15 is 0 Å². The zero-order valence-corrected chi connectivity index (χ0v) is 12.0.